The number of rotatable bonds is 3. The summed E-state index contributed by atoms with van der Waals surface area (Å²) in [7, 11) is 0. The molecule has 22 heavy (non-hydrogen) atoms. The maximum atomic E-state index is 12.4. The van der Waals surface area contributed by atoms with E-state index in [0.29, 0.717) is 0 Å². The highest BCUT2D eigenvalue weighted by molar-refractivity contribution is 5.79. The van der Waals surface area contributed by atoms with E-state index >= 15 is 0 Å². The Hall–Kier alpha value is -2.16. The van der Waals surface area contributed by atoms with Gasteiger partial charge < -0.3 is 4.57 Å². The number of hydrogen-bond donors (Lipinski definition) is 0. The van der Waals surface area contributed by atoms with Crippen LogP contribution in [0.25, 0.3) is 0 Å². The molecule has 1 amide bonds. The summed E-state index contributed by atoms with van der Waals surface area (Å²) >= 11 is 0. The minimum Gasteiger partial charge on any atom is -0.328 e. The number of carbonyl (C=O) groups excluding carboxylic acids is 1. The standard InChI is InChI=1S/C19H22N2O/c22-19(17-11-5-2-6-12-17)20-18-13-7-8-14-21(18)15-16-9-3-1-4-10-16/h1,3-4,7-10,13-14,17H,2,5-6,11-12,15H2. The molecule has 0 aliphatic heterocycles. The van der Waals surface area contributed by atoms with Crippen LogP contribution in [-0.2, 0) is 11.3 Å². The average molecular weight is 294 g/mol. The number of amides is 1. The lowest BCUT2D eigenvalue weighted by molar-refractivity contribution is -0.122. The van der Waals surface area contributed by atoms with Crippen molar-refractivity contribution in [2.45, 2.75) is 38.6 Å². The Morgan fingerprint density at radius 1 is 1.00 bits per heavy atom. The van der Waals surface area contributed by atoms with E-state index in [-0.39, 0.29) is 11.8 Å². The zero-order valence-electron chi connectivity index (χ0n) is 12.8. The number of benzene rings is 1. The van der Waals surface area contributed by atoms with E-state index in [2.05, 4.69) is 17.1 Å². The second-order valence-electron chi connectivity index (χ2n) is 5.96. The molecule has 0 atom stereocenters. The molecule has 0 radical (unpaired) electrons. The van der Waals surface area contributed by atoms with E-state index in [0.717, 1.165) is 37.7 Å². The molecule has 1 aromatic heterocycles. The number of pyridine rings is 1. The molecule has 3 rings (SSSR count). The third-order valence-corrected chi connectivity index (χ3v) is 4.29. The van der Waals surface area contributed by atoms with Gasteiger partial charge in [0.15, 0.2) is 0 Å². The molecule has 3 nitrogen and oxygen atoms in total. The SMILES string of the molecule is O=C(N=c1ccccn1Cc1ccccc1)C1CCCCC1. The van der Waals surface area contributed by atoms with Gasteiger partial charge in [0.1, 0.15) is 5.49 Å². The minimum absolute atomic E-state index is 0.0488. The Morgan fingerprint density at radius 2 is 1.73 bits per heavy atom. The van der Waals surface area contributed by atoms with Crippen LogP contribution in [0.4, 0.5) is 0 Å². The molecule has 0 saturated heterocycles. The highest BCUT2D eigenvalue weighted by atomic mass is 16.1. The summed E-state index contributed by atoms with van der Waals surface area (Å²) in [6.07, 6.45) is 7.54. The van der Waals surface area contributed by atoms with Gasteiger partial charge in [-0.05, 0) is 30.5 Å². The van der Waals surface area contributed by atoms with E-state index in [4.69, 9.17) is 0 Å². The number of carbonyl (C=O) groups is 1. The van der Waals surface area contributed by atoms with Gasteiger partial charge in [0, 0.05) is 18.7 Å². The van der Waals surface area contributed by atoms with Gasteiger partial charge in [-0.1, -0.05) is 55.7 Å². The molecule has 1 heterocycles. The first-order valence-electron chi connectivity index (χ1n) is 8.11. The van der Waals surface area contributed by atoms with Crippen LogP contribution in [0.5, 0.6) is 0 Å². The van der Waals surface area contributed by atoms with Gasteiger partial charge in [-0.2, -0.15) is 4.99 Å². The first kappa shape index (κ1) is 14.8. The Morgan fingerprint density at radius 3 is 2.50 bits per heavy atom. The van der Waals surface area contributed by atoms with Crippen molar-refractivity contribution in [3.8, 4) is 0 Å². The Bertz CT molecular complexity index is 682. The summed E-state index contributed by atoms with van der Waals surface area (Å²) in [6, 6.07) is 16.1. The molecule has 0 bridgehead atoms. The molecule has 0 N–H and O–H groups in total. The molecule has 2 aromatic rings. The molecule has 1 fully saturated rings. The zero-order valence-corrected chi connectivity index (χ0v) is 12.8. The second-order valence-corrected chi connectivity index (χ2v) is 5.96. The van der Waals surface area contributed by atoms with E-state index in [1.165, 1.54) is 12.0 Å². The largest absolute Gasteiger partial charge is 0.328 e. The number of aromatic nitrogens is 1. The van der Waals surface area contributed by atoms with Crippen molar-refractivity contribution in [1.29, 1.82) is 0 Å². The fourth-order valence-electron chi connectivity index (χ4n) is 3.04. The van der Waals surface area contributed by atoms with Gasteiger partial charge in [-0.25, -0.2) is 0 Å². The Labute approximate surface area is 131 Å². The normalized spacial score (nSPS) is 16.6. The van der Waals surface area contributed by atoms with Crippen LogP contribution >= 0.6 is 0 Å². The van der Waals surface area contributed by atoms with Crippen molar-refractivity contribution in [2.24, 2.45) is 10.9 Å². The molecule has 1 saturated carbocycles. The van der Waals surface area contributed by atoms with Crippen molar-refractivity contribution in [3.63, 3.8) is 0 Å². The van der Waals surface area contributed by atoms with Crippen LogP contribution in [0.2, 0.25) is 0 Å². The third-order valence-electron chi connectivity index (χ3n) is 4.29. The second kappa shape index (κ2) is 7.21. The molecule has 0 unspecified atom stereocenters. The molecule has 1 aromatic carbocycles. The van der Waals surface area contributed by atoms with E-state index in [1.807, 2.05) is 47.2 Å². The van der Waals surface area contributed by atoms with Crippen LogP contribution in [-0.4, -0.2) is 10.5 Å². The van der Waals surface area contributed by atoms with Crippen molar-refractivity contribution in [2.75, 3.05) is 0 Å². The highest BCUT2D eigenvalue weighted by Crippen LogP contribution is 2.24. The van der Waals surface area contributed by atoms with Crippen LogP contribution in [0.15, 0.2) is 59.7 Å². The van der Waals surface area contributed by atoms with Gasteiger partial charge in [0.25, 0.3) is 5.91 Å². The van der Waals surface area contributed by atoms with Gasteiger partial charge >= 0.3 is 0 Å². The Kier molecular flexibility index (Phi) is 4.84. The van der Waals surface area contributed by atoms with E-state index < -0.39 is 0 Å². The topological polar surface area (TPSA) is 34.4 Å². The molecular formula is C19H22N2O. The Balaban J connectivity index is 1.84. The minimum atomic E-state index is 0.0488. The van der Waals surface area contributed by atoms with E-state index in [9.17, 15) is 4.79 Å². The predicted molar refractivity (Wildman–Crippen MR) is 87.1 cm³/mol. The summed E-state index contributed by atoms with van der Waals surface area (Å²) < 4.78 is 2.04. The quantitative estimate of drug-likeness (QED) is 0.852. The van der Waals surface area contributed by atoms with Crippen molar-refractivity contribution in [3.05, 3.63) is 65.8 Å². The highest BCUT2D eigenvalue weighted by Gasteiger charge is 2.20. The van der Waals surface area contributed by atoms with Crippen LogP contribution in [0.1, 0.15) is 37.7 Å². The lowest BCUT2D eigenvalue weighted by atomic mass is 9.89. The first-order chi connectivity index (χ1) is 10.8. The van der Waals surface area contributed by atoms with Crippen molar-refractivity contribution in [1.82, 2.24) is 4.57 Å². The monoisotopic (exact) mass is 294 g/mol. The summed E-state index contributed by atoms with van der Waals surface area (Å²) in [5.74, 6) is 0.173. The molecule has 114 valence electrons. The number of nitrogens with zero attached hydrogens (tertiary/aromatic N) is 2. The summed E-state index contributed by atoms with van der Waals surface area (Å²) in [5, 5.41) is 0. The maximum absolute atomic E-state index is 12.4. The lowest BCUT2D eigenvalue weighted by Crippen LogP contribution is -2.25. The van der Waals surface area contributed by atoms with Gasteiger partial charge in [-0.3, -0.25) is 4.79 Å². The van der Waals surface area contributed by atoms with Gasteiger partial charge in [0.2, 0.25) is 0 Å². The van der Waals surface area contributed by atoms with Gasteiger partial charge in [0.05, 0.1) is 0 Å². The van der Waals surface area contributed by atoms with Crippen molar-refractivity contribution < 1.29 is 4.79 Å². The average Bonchev–Trinajstić information content (AvgIpc) is 2.58. The number of hydrogen-bond acceptors (Lipinski definition) is 1. The smallest absolute Gasteiger partial charge is 0.250 e. The molecular weight excluding hydrogens is 272 g/mol. The molecule has 0 spiro atoms. The van der Waals surface area contributed by atoms with E-state index in [1.54, 1.807) is 0 Å². The zero-order chi connectivity index (χ0) is 15.2. The van der Waals surface area contributed by atoms with Crippen LogP contribution < -0.4 is 5.49 Å². The molecule has 1 aliphatic carbocycles. The van der Waals surface area contributed by atoms with Crippen LogP contribution in [0, 0.1) is 5.92 Å². The molecule has 1 aliphatic rings. The molecule has 3 heteroatoms. The fourth-order valence-corrected chi connectivity index (χ4v) is 3.04. The third kappa shape index (κ3) is 3.73. The summed E-state index contributed by atoms with van der Waals surface area (Å²) in [4.78, 5) is 16.8. The fraction of sp³-hybridized carbons (Fsp3) is 0.368. The summed E-state index contributed by atoms with van der Waals surface area (Å²) in [6.45, 7) is 0.735. The first-order valence-corrected chi connectivity index (χ1v) is 8.11. The lowest BCUT2D eigenvalue weighted by Gasteiger charge is -2.18. The van der Waals surface area contributed by atoms with Gasteiger partial charge in [-0.15, -0.1) is 0 Å². The van der Waals surface area contributed by atoms with Crippen LogP contribution in [0.3, 0.4) is 0 Å². The predicted octanol–water partition coefficient (Wildman–Crippen LogP) is 3.54. The maximum Gasteiger partial charge on any atom is 0.250 e. The van der Waals surface area contributed by atoms with Crippen molar-refractivity contribution >= 4 is 5.91 Å². The summed E-state index contributed by atoms with van der Waals surface area (Å²) in [5.41, 5.74) is 1.96.